The van der Waals surface area contributed by atoms with Crippen LogP contribution in [0.2, 0.25) is 0 Å². The van der Waals surface area contributed by atoms with Crippen LogP contribution in [0, 0.1) is 11.8 Å². The molecule has 4 aliphatic rings. The molecule has 3 heterocycles. The number of anilines is 1. The van der Waals surface area contributed by atoms with Gasteiger partial charge in [0.25, 0.3) is 0 Å². The van der Waals surface area contributed by atoms with Crippen LogP contribution in [0.4, 0.5) is 5.69 Å². The molecule has 1 N–H and O–H groups in total. The Labute approximate surface area is 142 Å². The fraction of sp³-hybridized carbons (Fsp3) is 0.550. The Balaban J connectivity index is 1.83. The van der Waals surface area contributed by atoms with Gasteiger partial charge in [-0.05, 0) is 49.4 Å². The number of hydrogen-bond donors (Lipinski definition) is 1. The van der Waals surface area contributed by atoms with Crippen molar-refractivity contribution in [2.24, 2.45) is 11.8 Å². The molecule has 1 spiro atoms. The maximum atomic E-state index is 12.8. The summed E-state index contributed by atoms with van der Waals surface area (Å²) in [5.74, 6) is 0.728. The Bertz CT molecular complexity index is 756. The maximum absolute atomic E-state index is 12.8. The molecule has 0 saturated carbocycles. The molecule has 5 rings (SSSR count). The lowest BCUT2D eigenvalue weighted by Gasteiger charge is -2.52. The van der Waals surface area contributed by atoms with Crippen molar-refractivity contribution in [2.45, 2.75) is 37.6 Å². The smallest absolute Gasteiger partial charge is 0.335 e. The van der Waals surface area contributed by atoms with Gasteiger partial charge in [0.2, 0.25) is 0 Å². The van der Waals surface area contributed by atoms with Gasteiger partial charge in [0.05, 0.1) is 18.1 Å². The fourth-order valence-corrected chi connectivity index (χ4v) is 6.20. The zero-order valence-corrected chi connectivity index (χ0v) is 14.3. The van der Waals surface area contributed by atoms with E-state index in [1.165, 1.54) is 18.4 Å². The number of carbonyl (C=O) groups is 1. The van der Waals surface area contributed by atoms with Gasteiger partial charge in [-0.3, -0.25) is 4.90 Å². The van der Waals surface area contributed by atoms with Crippen LogP contribution in [0.3, 0.4) is 0 Å². The molecular weight excluding hydrogens is 300 g/mol. The van der Waals surface area contributed by atoms with E-state index in [9.17, 15) is 4.79 Å². The molecular formula is C20H24N2O2. The minimum atomic E-state index is -0.132. The second-order valence-electron chi connectivity index (χ2n) is 7.62. The summed E-state index contributed by atoms with van der Waals surface area (Å²) < 4.78 is 5.23. The summed E-state index contributed by atoms with van der Waals surface area (Å²) in [6, 6.07) is 9.14. The number of rotatable bonds is 2. The molecule has 126 valence electrons. The average molecular weight is 324 g/mol. The Morgan fingerprint density at radius 2 is 2.21 bits per heavy atom. The lowest BCUT2D eigenvalue weighted by molar-refractivity contribution is -0.138. The van der Waals surface area contributed by atoms with Gasteiger partial charge in [0.1, 0.15) is 0 Å². The lowest BCUT2D eigenvalue weighted by atomic mass is 9.57. The number of nitrogens with one attached hydrogen (secondary N) is 1. The van der Waals surface area contributed by atoms with E-state index in [1.807, 2.05) is 0 Å². The normalized spacial score (nSPS) is 36.2. The summed E-state index contributed by atoms with van der Waals surface area (Å²) in [5, 5.41) is 3.65. The maximum Gasteiger partial charge on any atom is 0.335 e. The van der Waals surface area contributed by atoms with E-state index >= 15 is 0 Å². The Morgan fingerprint density at radius 1 is 1.38 bits per heavy atom. The van der Waals surface area contributed by atoms with E-state index in [-0.39, 0.29) is 11.4 Å². The molecule has 0 aromatic heterocycles. The Kier molecular flexibility index (Phi) is 2.94. The summed E-state index contributed by atoms with van der Waals surface area (Å²) in [5.41, 5.74) is 4.60. The van der Waals surface area contributed by atoms with Gasteiger partial charge in [-0.15, -0.1) is 0 Å². The zero-order chi connectivity index (χ0) is 16.5. The standard InChI is InChI=1S/C20H24N2O2/c1-3-12-13-8-10-22-11-9-20(18(12)22)14-6-4-5-7-15(14)21-17(20)16(13)19(23)24-2/h4-7,12-13,18,21H,3,8-11H2,1-2H3/t12-,13+,18+,20+/m0/s1. The van der Waals surface area contributed by atoms with Crippen LogP contribution in [-0.2, 0) is 14.9 Å². The highest BCUT2D eigenvalue weighted by molar-refractivity contribution is 5.93. The zero-order valence-electron chi connectivity index (χ0n) is 14.3. The van der Waals surface area contributed by atoms with E-state index in [0.29, 0.717) is 17.9 Å². The van der Waals surface area contributed by atoms with Crippen LogP contribution in [-0.4, -0.2) is 37.1 Å². The number of piperidine rings is 1. The summed E-state index contributed by atoms with van der Waals surface area (Å²) in [4.78, 5) is 15.4. The molecule has 1 aromatic rings. The number of nitrogens with zero attached hydrogens (tertiary/aromatic N) is 1. The van der Waals surface area contributed by atoms with E-state index < -0.39 is 0 Å². The predicted octanol–water partition coefficient (Wildman–Crippen LogP) is 2.91. The van der Waals surface area contributed by atoms with Crippen molar-refractivity contribution in [3.8, 4) is 0 Å². The first-order chi connectivity index (χ1) is 11.7. The van der Waals surface area contributed by atoms with Crippen molar-refractivity contribution < 1.29 is 9.53 Å². The number of esters is 1. The van der Waals surface area contributed by atoms with Crippen molar-refractivity contribution in [1.29, 1.82) is 0 Å². The van der Waals surface area contributed by atoms with Gasteiger partial charge >= 0.3 is 5.97 Å². The van der Waals surface area contributed by atoms with Crippen LogP contribution < -0.4 is 5.32 Å². The van der Waals surface area contributed by atoms with Gasteiger partial charge in [0, 0.05) is 17.4 Å². The number of benzene rings is 1. The second kappa shape index (κ2) is 4.85. The highest BCUT2D eigenvalue weighted by atomic mass is 16.5. The van der Waals surface area contributed by atoms with E-state index in [0.717, 1.165) is 43.6 Å². The first kappa shape index (κ1) is 14.5. The average Bonchev–Trinajstić information content (AvgIpc) is 3.17. The van der Waals surface area contributed by atoms with Gasteiger partial charge < -0.3 is 10.1 Å². The SMILES string of the molecule is CC[C@H]1[C@H]2CCN3CC[C@@]4(C(=C2C(=O)OC)Nc2ccccc24)[C@@H]13. The first-order valence-corrected chi connectivity index (χ1v) is 9.16. The third kappa shape index (κ3) is 1.51. The quantitative estimate of drug-likeness (QED) is 0.850. The molecule has 0 amide bonds. The lowest BCUT2D eigenvalue weighted by Crippen LogP contribution is -2.58. The van der Waals surface area contributed by atoms with Crippen molar-refractivity contribution in [3.63, 3.8) is 0 Å². The predicted molar refractivity (Wildman–Crippen MR) is 92.7 cm³/mol. The molecule has 3 aliphatic heterocycles. The topological polar surface area (TPSA) is 41.6 Å². The molecule has 4 nitrogen and oxygen atoms in total. The molecule has 24 heavy (non-hydrogen) atoms. The molecule has 4 heteroatoms. The number of carbonyl (C=O) groups excluding carboxylic acids is 1. The van der Waals surface area contributed by atoms with Crippen molar-refractivity contribution in [1.82, 2.24) is 4.90 Å². The van der Waals surface area contributed by atoms with Crippen LogP contribution in [0.25, 0.3) is 0 Å². The molecule has 1 aliphatic carbocycles. The summed E-state index contributed by atoms with van der Waals surface area (Å²) in [6.45, 7) is 4.51. The summed E-state index contributed by atoms with van der Waals surface area (Å²) in [7, 11) is 1.52. The summed E-state index contributed by atoms with van der Waals surface area (Å²) >= 11 is 0. The van der Waals surface area contributed by atoms with Crippen molar-refractivity contribution in [2.75, 3.05) is 25.5 Å². The van der Waals surface area contributed by atoms with Gasteiger partial charge in [-0.1, -0.05) is 31.5 Å². The Morgan fingerprint density at radius 3 is 3.00 bits per heavy atom. The molecule has 1 aromatic carbocycles. The molecule has 2 bridgehead atoms. The molecule has 0 radical (unpaired) electrons. The van der Waals surface area contributed by atoms with Gasteiger partial charge in [-0.2, -0.15) is 0 Å². The third-order valence-corrected chi connectivity index (χ3v) is 6.97. The number of para-hydroxylation sites is 1. The Hall–Kier alpha value is -1.81. The fourth-order valence-electron chi connectivity index (χ4n) is 6.20. The van der Waals surface area contributed by atoms with Gasteiger partial charge in [-0.25, -0.2) is 4.79 Å². The minimum absolute atomic E-state index is 0.0439. The van der Waals surface area contributed by atoms with Crippen LogP contribution in [0.15, 0.2) is 35.5 Å². The highest BCUT2D eigenvalue weighted by Crippen LogP contribution is 2.62. The molecule has 4 atom stereocenters. The largest absolute Gasteiger partial charge is 0.466 e. The number of ether oxygens (including phenoxy) is 1. The van der Waals surface area contributed by atoms with Crippen LogP contribution >= 0.6 is 0 Å². The highest BCUT2D eigenvalue weighted by Gasteiger charge is 2.64. The summed E-state index contributed by atoms with van der Waals surface area (Å²) in [6.07, 6.45) is 3.28. The van der Waals surface area contributed by atoms with E-state index in [1.54, 1.807) is 0 Å². The molecule has 2 fully saturated rings. The third-order valence-electron chi connectivity index (χ3n) is 6.97. The van der Waals surface area contributed by atoms with Gasteiger partial charge in [0.15, 0.2) is 0 Å². The monoisotopic (exact) mass is 324 g/mol. The first-order valence-electron chi connectivity index (χ1n) is 9.16. The second-order valence-corrected chi connectivity index (χ2v) is 7.62. The molecule has 0 unspecified atom stereocenters. The van der Waals surface area contributed by atoms with Crippen LogP contribution in [0.1, 0.15) is 31.7 Å². The van der Waals surface area contributed by atoms with Crippen molar-refractivity contribution >= 4 is 11.7 Å². The van der Waals surface area contributed by atoms with E-state index in [4.69, 9.17) is 4.74 Å². The number of fused-ring (bicyclic) bond motifs is 2. The minimum Gasteiger partial charge on any atom is -0.466 e. The van der Waals surface area contributed by atoms with Crippen LogP contribution in [0.5, 0.6) is 0 Å². The van der Waals surface area contributed by atoms with E-state index in [2.05, 4.69) is 41.4 Å². The number of methoxy groups -OCH3 is 1. The van der Waals surface area contributed by atoms with Crippen molar-refractivity contribution in [3.05, 3.63) is 41.1 Å². The molecule has 2 saturated heterocycles. The number of hydrogen-bond acceptors (Lipinski definition) is 4.